The summed E-state index contributed by atoms with van der Waals surface area (Å²) in [5.41, 5.74) is 3.24. The van der Waals surface area contributed by atoms with Crippen LogP contribution in [-0.4, -0.2) is 68.8 Å². The Morgan fingerprint density at radius 3 is 2.53 bits per heavy atom. The molecule has 2 saturated heterocycles. The number of hydrogen-bond donors (Lipinski definition) is 1. The lowest BCUT2D eigenvalue weighted by atomic mass is 10.0. The van der Waals surface area contributed by atoms with Crippen molar-refractivity contribution in [3.05, 3.63) is 84.2 Å². The number of ether oxygens (including phenoxy) is 1. The molecule has 0 spiro atoms. The van der Waals surface area contributed by atoms with Crippen molar-refractivity contribution in [1.82, 2.24) is 29.7 Å². The van der Waals surface area contributed by atoms with Gasteiger partial charge in [-0.05, 0) is 48.6 Å². The third-order valence-corrected chi connectivity index (χ3v) is 6.54. The maximum atomic E-state index is 5.83. The standard InChI is InChI=1S/C24H28N6OS/c32-24-27-22(20-7-2-4-10-26-20)23(30(24)13-12-28-14-16-31-17-15-28)21-8-5-11-29(21)18-19-6-1-3-9-25-19/h1-11,22-23H,12-18H2,(H,27,32)/t22-,23+/m0/s1. The average molecular weight is 449 g/mol. The monoisotopic (exact) mass is 448 g/mol. The van der Waals surface area contributed by atoms with Crippen LogP contribution in [0.5, 0.6) is 0 Å². The molecular weight excluding hydrogens is 420 g/mol. The molecule has 2 aliphatic rings. The molecule has 5 rings (SSSR count). The Hall–Kier alpha value is -2.81. The lowest BCUT2D eigenvalue weighted by molar-refractivity contribution is 0.0349. The number of aromatic nitrogens is 3. The summed E-state index contributed by atoms with van der Waals surface area (Å²) in [6, 6.07) is 16.4. The summed E-state index contributed by atoms with van der Waals surface area (Å²) in [7, 11) is 0. The van der Waals surface area contributed by atoms with Crippen molar-refractivity contribution in [2.24, 2.45) is 0 Å². The second-order valence-electron chi connectivity index (χ2n) is 8.16. The molecule has 0 aromatic carbocycles. The van der Waals surface area contributed by atoms with Crippen LogP contribution in [0.4, 0.5) is 0 Å². The summed E-state index contributed by atoms with van der Waals surface area (Å²) in [5.74, 6) is 0. The highest BCUT2D eigenvalue weighted by atomic mass is 32.1. The first kappa shape index (κ1) is 21.1. The van der Waals surface area contributed by atoms with E-state index in [-0.39, 0.29) is 12.1 Å². The highest BCUT2D eigenvalue weighted by molar-refractivity contribution is 7.80. The summed E-state index contributed by atoms with van der Waals surface area (Å²) in [6.07, 6.45) is 5.82. The van der Waals surface area contributed by atoms with Crippen molar-refractivity contribution in [2.75, 3.05) is 39.4 Å². The SMILES string of the molecule is S=C1N[C@@H](c2ccccn2)[C@@H](c2cccn2Cc2ccccn2)N1CCN1CCOCC1. The summed E-state index contributed by atoms with van der Waals surface area (Å²) in [5, 5.41) is 4.34. The molecule has 8 heteroatoms. The maximum Gasteiger partial charge on any atom is 0.170 e. The lowest BCUT2D eigenvalue weighted by Crippen LogP contribution is -2.42. The molecule has 5 heterocycles. The summed E-state index contributed by atoms with van der Waals surface area (Å²) in [4.78, 5) is 14.0. The van der Waals surface area contributed by atoms with Gasteiger partial charge in [-0.25, -0.2) is 0 Å². The molecule has 32 heavy (non-hydrogen) atoms. The van der Waals surface area contributed by atoms with Gasteiger partial charge in [0.1, 0.15) is 0 Å². The van der Waals surface area contributed by atoms with Crippen LogP contribution >= 0.6 is 12.2 Å². The van der Waals surface area contributed by atoms with E-state index in [0.717, 1.165) is 62.4 Å². The zero-order valence-electron chi connectivity index (χ0n) is 18.0. The van der Waals surface area contributed by atoms with E-state index in [2.05, 4.69) is 60.1 Å². The number of thiocarbonyl (C=S) groups is 1. The van der Waals surface area contributed by atoms with Crippen molar-refractivity contribution in [3.8, 4) is 0 Å². The van der Waals surface area contributed by atoms with E-state index in [4.69, 9.17) is 17.0 Å². The van der Waals surface area contributed by atoms with E-state index < -0.39 is 0 Å². The predicted octanol–water partition coefficient (Wildman–Crippen LogP) is 2.63. The molecule has 166 valence electrons. The minimum Gasteiger partial charge on any atom is -0.379 e. The van der Waals surface area contributed by atoms with Gasteiger partial charge in [0.25, 0.3) is 0 Å². The molecule has 7 nitrogen and oxygen atoms in total. The van der Waals surface area contributed by atoms with E-state index in [9.17, 15) is 0 Å². The first-order valence-corrected chi connectivity index (χ1v) is 11.5. The molecule has 1 N–H and O–H groups in total. The fourth-order valence-corrected chi connectivity index (χ4v) is 4.88. The van der Waals surface area contributed by atoms with Gasteiger partial charge in [0.05, 0.1) is 43.2 Å². The number of nitrogens with one attached hydrogen (secondary N) is 1. The number of hydrogen-bond acceptors (Lipinski definition) is 5. The van der Waals surface area contributed by atoms with Crippen LogP contribution in [0.3, 0.4) is 0 Å². The third kappa shape index (κ3) is 4.53. The highest BCUT2D eigenvalue weighted by Crippen LogP contribution is 2.38. The van der Waals surface area contributed by atoms with E-state index in [1.54, 1.807) is 0 Å². The van der Waals surface area contributed by atoms with Crippen LogP contribution in [0.2, 0.25) is 0 Å². The van der Waals surface area contributed by atoms with Gasteiger partial charge in [-0.1, -0.05) is 12.1 Å². The zero-order valence-corrected chi connectivity index (χ0v) is 18.8. The Morgan fingerprint density at radius 2 is 1.78 bits per heavy atom. The number of morpholine rings is 1. The lowest BCUT2D eigenvalue weighted by Gasteiger charge is -2.32. The third-order valence-electron chi connectivity index (χ3n) is 6.18. The van der Waals surface area contributed by atoms with Crippen LogP contribution in [0.1, 0.15) is 29.2 Å². The van der Waals surface area contributed by atoms with Gasteiger partial charge in [-0.15, -0.1) is 0 Å². The van der Waals surface area contributed by atoms with Crippen molar-refractivity contribution < 1.29 is 4.74 Å². The molecular formula is C24H28N6OS. The molecule has 0 bridgehead atoms. The zero-order chi connectivity index (χ0) is 21.8. The van der Waals surface area contributed by atoms with Crippen molar-refractivity contribution in [1.29, 1.82) is 0 Å². The minimum atomic E-state index is -0.00854. The van der Waals surface area contributed by atoms with E-state index in [1.165, 1.54) is 5.69 Å². The quantitative estimate of drug-likeness (QED) is 0.558. The maximum absolute atomic E-state index is 5.83. The predicted molar refractivity (Wildman–Crippen MR) is 127 cm³/mol. The summed E-state index contributed by atoms with van der Waals surface area (Å²) >= 11 is 5.83. The Kier molecular flexibility index (Phi) is 6.43. The Morgan fingerprint density at radius 1 is 0.969 bits per heavy atom. The van der Waals surface area contributed by atoms with Gasteiger partial charge in [-0.2, -0.15) is 0 Å². The molecule has 2 aliphatic heterocycles. The molecule has 0 radical (unpaired) electrons. The number of rotatable bonds is 7. The first-order chi connectivity index (χ1) is 15.8. The van der Waals surface area contributed by atoms with Gasteiger partial charge in [0.2, 0.25) is 0 Å². The van der Waals surface area contributed by atoms with Crippen molar-refractivity contribution in [3.63, 3.8) is 0 Å². The van der Waals surface area contributed by atoms with Crippen LogP contribution in [0.25, 0.3) is 0 Å². The second-order valence-corrected chi connectivity index (χ2v) is 8.54. The molecule has 3 aromatic heterocycles. The molecule has 0 unspecified atom stereocenters. The van der Waals surface area contributed by atoms with Crippen LogP contribution in [0, 0.1) is 0 Å². The topological polar surface area (TPSA) is 58.5 Å². The summed E-state index contributed by atoms with van der Waals surface area (Å²) in [6.45, 7) is 6.08. The fraction of sp³-hybridized carbons (Fsp3) is 0.375. The van der Waals surface area contributed by atoms with Crippen LogP contribution < -0.4 is 5.32 Å². The van der Waals surface area contributed by atoms with E-state index in [0.29, 0.717) is 0 Å². The molecule has 0 aliphatic carbocycles. The normalized spacial score (nSPS) is 21.6. The average Bonchev–Trinajstić information content (AvgIpc) is 3.43. The molecule has 3 aromatic rings. The van der Waals surface area contributed by atoms with Crippen molar-refractivity contribution >= 4 is 17.3 Å². The molecule has 2 atom stereocenters. The second kappa shape index (κ2) is 9.77. The number of nitrogens with zero attached hydrogens (tertiary/aromatic N) is 5. The highest BCUT2D eigenvalue weighted by Gasteiger charge is 2.41. The summed E-state index contributed by atoms with van der Waals surface area (Å²) < 4.78 is 7.79. The minimum absolute atomic E-state index is 0.00854. The first-order valence-electron chi connectivity index (χ1n) is 11.1. The van der Waals surface area contributed by atoms with Crippen molar-refractivity contribution in [2.45, 2.75) is 18.6 Å². The van der Waals surface area contributed by atoms with Gasteiger partial charge in [0, 0.05) is 50.5 Å². The largest absolute Gasteiger partial charge is 0.379 e. The Bertz CT molecular complexity index is 1020. The number of pyridine rings is 2. The van der Waals surface area contributed by atoms with Gasteiger partial charge in [0.15, 0.2) is 5.11 Å². The van der Waals surface area contributed by atoms with Crippen LogP contribution in [-0.2, 0) is 11.3 Å². The van der Waals surface area contributed by atoms with Gasteiger partial charge < -0.3 is 19.5 Å². The smallest absolute Gasteiger partial charge is 0.170 e. The van der Waals surface area contributed by atoms with E-state index in [1.807, 2.05) is 36.7 Å². The Balaban J connectivity index is 1.44. The molecule has 0 saturated carbocycles. The molecule has 0 amide bonds. The van der Waals surface area contributed by atoms with Gasteiger partial charge in [-0.3, -0.25) is 14.9 Å². The van der Waals surface area contributed by atoms with E-state index >= 15 is 0 Å². The fourth-order valence-electron chi connectivity index (χ4n) is 4.55. The van der Waals surface area contributed by atoms with Gasteiger partial charge >= 0.3 is 0 Å². The van der Waals surface area contributed by atoms with Crippen LogP contribution in [0.15, 0.2) is 67.1 Å². The molecule has 2 fully saturated rings. The Labute approximate surface area is 194 Å².